The number of esters is 1. The molecule has 0 aliphatic carbocycles. The molecule has 1 rings (SSSR count). The molecule has 0 spiro atoms. The van der Waals surface area contributed by atoms with Gasteiger partial charge in [0, 0.05) is 6.54 Å². The predicted molar refractivity (Wildman–Crippen MR) is 100 cm³/mol. The van der Waals surface area contributed by atoms with Crippen LogP contribution in [0.1, 0.15) is 46.1 Å². The van der Waals surface area contributed by atoms with Gasteiger partial charge in [-0.2, -0.15) is 8.42 Å². The highest BCUT2D eigenvalue weighted by Crippen LogP contribution is 2.22. The van der Waals surface area contributed by atoms with Crippen LogP contribution in [0.2, 0.25) is 0 Å². The molecule has 0 saturated carbocycles. The molecule has 27 heavy (non-hydrogen) atoms. The Hall–Kier alpha value is -2.29. The fourth-order valence-electron chi connectivity index (χ4n) is 2.08. The maximum absolute atomic E-state index is 12.4. The Morgan fingerprint density at radius 3 is 2.11 bits per heavy atom. The van der Waals surface area contributed by atoms with Gasteiger partial charge >= 0.3 is 22.2 Å². The highest BCUT2D eigenvalue weighted by atomic mass is 32.2. The van der Waals surface area contributed by atoms with Crippen molar-refractivity contribution >= 4 is 22.2 Å². The van der Waals surface area contributed by atoms with E-state index < -0.39 is 33.7 Å². The second kappa shape index (κ2) is 9.07. The van der Waals surface area contributed by atoms with Crippen molar-refractivity contribution in [3.05, 3.63) is 29.8 Å². The minimum atomic E-state index is -3.65. The van der Waals surface area contributed by atoms with Crippen LogP contribution in [0.4, 0.5) is 4.79 Å². The lowest BCUT2D eigenvalue weighted by Gasteiger charge is -2.22. The number of amides is 1. The summed E-state index contributed by atoms with van der Waals surface area (Å²) in [7, 11) is -3.65. The quantitative estimate of drug-likeness (QED) is 0.552. The van der Waals surface area contributed by atoms with E-state index >= 15 is 0 Å². The number of hydrogen-bond donors (Lipinski definition) is 1. The Morgan fingerprint density at radius 1 is 1.11 bits per heavy atom. The number of rotatable bonds is 7. The standard InChI is InChI=1S/C18H27NO7S/c1-12(2)24-16(20)15(11-19-17(21)25-18(3,4)5)13-7-9-14(10-8-13)26-27(6,22)23/h7-10,12,15H,11H2,1-6H3,(H,19,21). The lowest BCUT2D eigenvalue weighted by Crippen LogP contribution is -2.37. The summed E-state index contributed by atoms with van der Waals surface area (Å²) in [4.78, 5) is 24.3. The molecule has 1 aromatic carbocycles. The van der Waals surface area contributed by atoms with Crippen molar-refractivity contribution in [3.8, 4) is 5.75 Å². The van der Waals surface area contributed by atoms with E-state index in [-0.39, 0.29) is 18.4 Å². The first-order valence-electron chi connectivity index (χ1n) is 8.43. The number of benzene rings is 1. The SMILES string of the molecule is CC(C)OC(=O)C(CNC(=O)OC(C)(C)C)c1ccc(OS(C)(=O)=O)cc1. The summed E-state index contributed by atoms with van der Waals surface area (Å²) in [5.41, 5.74) is -0.125. The van der Waals surface area contributed by atoms with E-state index in [1.165, 1.54) is 12.1 Å². The van der Waals surface area contributed by atoms with Gasteiger partial charge in [0.05, 0.1) is 18.3 Å². The zero-order chi connectivity index (χ0) is 20.8. The maximum atomic E-state index is 12.4. The van der Waals surface area contributed by atoms with Crippen LogP contribution < -0.4 is 9.50 Å². The molecule has 0 fully saturated rings. The molecular weight excluding hydrogens is 374 g/mol. The number of carbonyl (C=O) groups is 2. The largest absolute Gasteiger partial charge is 0.462 e. The van der Waals surface area contributed by atoms with Crippen LogP contribution in [0.15, 0.2) is 24.3 Å². The van der Waals surface area contributed by atoms with Crippen molar-refractivity contribution in [1.29, 1.82) is 0 Å². The van der Waals surface area contributed by atoms with Gasteiger partial charge in [0.2, 0.25) is 0 Å². The van der Waals surface area contributed by atoms with Gasteiger partial charge in [-0.15, -0.1) is 0 Å². The molecule has 152 valence electrons. The van der Waals surface area contributed by atoms with Crippen molar-refractivity contribution in [2.24, 2.45) is 0 Å². The Labute approximate surface area is 160 Å². The van der Waals surface area contributed by atoms with Crippen molar-refractivity contribution in [3.63, 3.8) is 0 Å². The van der Waals surface area contributed by atoms with Crippen LogP contribution in [0, 0.1) is 0 Å². The number of carbonyl (C=O) groups excluding carboxylic acids is 2. The van der Waals surface area contributed by atoms with Crippen LogP contribution in [0.25, 0.3) is 0 Å². The Balaban J connectivity index is 2.94. The average molecular weight is 401 g/mol. The van der Waals surface area contributed by atoms with E-state index in [1.54, 1.807) is 46.8 Å². The first kappa shape index (κ1) is 22.8. The molecule has 1 aromatic rings. The molecule has 1 amide bonds. The Bertz CT molecular complexity index is 749. The van der Waals surface area contributed by atoms with Crippen LogP contribution in [-0.4, -0.2) is 45.0 Å². The van der Waals surface area contributed by atoms with Gasteiger partial charge < -0.3 is 19.0 Å². The molecular formula is C18H27NO7S. The Kier molecular flexibility index (Phi) is 7.65. The monoisotopic (exact) mass is 401 g/mol. The third-order valence-corrected chi connectivity index (χ3v) is 3.51. The predicted octanol–water partition coefficient (Wildman–Crippen LogP) is 2.58. The average Bonchev–Trinajstić information content (AvgIpc) is 2.44. The van der Waals surface area contributed by atoms with Gasteiger partial charge in [-0.25, -0.2) is 4.79 Å². The van der Waals surface area contributed by atoms with E-state index in [0.717, 1.165) is 6.26 Å². The molecule has 0 saturated heterocycles. The summed E-state index contributed by atoms with van der Waals surface area (Å²) in [5.74, 6) is -1.18. The molecule has 1 N–H and O–H groups in total. The number of hydrogen-bond acceptors (Lipinski definition) is 7. The minimum Gasteiger partial charge on any atom is -0.462 e. The van der Waals surface area contributed by atoms with Gasteiger partial charge in [-0.3, -0.25) is 4.79 Å². The fourth-order valence-corrected chi connectivity index (χ4v) is 2.54. The highest BCUT2D eigenvalue weighted by Gasteiger charge is 2.25. The summed E-state index contributed by atoms with van der Waals surface area (Å²) in [6.45, 7) is 8.61. The number of nitrogens with one attached hydrogen (secondary N) is 1. The lowest BCUT2D eigenvalue weighted by molar-refractivity contribution is -0.149. The van der Waals surface area contributed by atoms with Crippen LogP contribution in [-0.2, 0) is 24.4 Å². The van der Waals surface area contributed by atoms with E-state index in [9.17, 15) is 18.0 Å². The normalized spacial score (nSPS) is 13.0. The van der Waals surface area contributed by atoms with Crippen molar-refractivity contribution in [2.75, 3.05) is 12.8 Å². The molecule has 8 nitrogen and oxygen atoms in total. The second-order valence-electron chi connectivity index (χ2n) is 7.28. The third kappa shape index (κ3) is 9.28. The molecule has 1 atom stereocenters. The zero-order valence-corrected chi connectivity index (χ0v) is 17.3. The maximum Gasteiger partial charge on any atom is 0.407 e. The van der Waals surface area contributed by atoms with Crippen molar-refractivity contribution in [2.45, 2.75) is 52.2 Å². The van der Waals surface area contributed by atoms with Crippen LogP contribution in [0.3, 0.4) is 0 Å². The minimum absolute atomic E-state index is 0.0350. The van der Waals surface area contributed by atoms with Crippen LogP contribution >= 0.6 is 0 Å². The van der Waals surface area contributed by atoms with Gasteiger partial charge in [-0.05, 0) is 52.3 Å². The number of alkyl carbamates (subject to hydrolysis) is 1. The number of ether oxygens (including phenoxy) is 2. The van der Waals surface area contributed by atoms with Crippen molar-refractivity contribution < 1.29 is 31.7 Å². The summed E-state index contributed by atoms with van der Waals surface area (Å²) in [5, 5.41) is 2.56. The van der Waals surface area contributed by atoms with E-state index in [4.69, 9.17) is 13.7 Å². The molecule has 0 radical (unpaired) electrons. The molecule has 0 aliphatic heterocycles. The third-order valence-electron chi connectivity index (χ3n) is 3.02. The fraction of sp³-hybridized carbons (Fsp3) is 0.556. The lowest BCUT2D eigenvalue weighted by atomic mass is 9.99. The molecule has 1 unspecified atom stereocenters. The molecule has 0 heterocycles. The van der Waals surface area contributed by atoms with E-state index in [0.29, 0.717) is 5.56 Å². The summed E-state index contributed by atoms with van der Waals surface area (Å²) >= 11 is 0. The smallest absolute Gasteiger partial charge is 0.407 e. The molecule has 0 aliphatic rings. The van der Waals surface area contributed by atoms with E-state index in [1.807, 2.05) is 0 Å². The molecule has 0 aromatic heterocycles. The Morgan fingerprint density at radius 2 is 1.67 bits per heavy atom. The first-order valence-corrected chi connectivity index (χ1v) is 10.3. The second-order valence-corrected chi connectivity index (χ2v) is 8.85. The first-order chi connectivity index (χ1) is 12.3. The van der Waals surface area contributed by atoms with Gasteiger partial charge in [0.25, 0.3) is 0 Å². The molecule has 0 bridgehead atoms. The van der Waals surface area contributed by atoms with Gasteiger partial charge in [0.15, 0.2) is 0 Å². The van der Waals surface area contributed by atoms with Crippen LogP contribution in [0.5, 0.6) is 5.75 Å². The summed E-state index contributed by atoms with van der Waals surface area (Å²) in [6.07, 6.45) is -0.0367. The van der Waals surface area contributed by atoms with Gasteiger partial charge in [-0.1, -0.05) is 12.1 Å². The topological polar surface area (TPSA) is 108 Å². The summed E-state index contributed by atoms with van der Waals surface area (Å²) < 4.78 is 37.6. The zero-order valence-electron chi connectivity index (χ0n) is 16.4. The van der Waals surface area contributed by atoms with Crippen molar-refractivity contribution in [1.82, 2.24) is 5.32 Å². The summed E-state index contributed by atoms with van der Waals surface area (Å²) in [6, 6.07) is 5.95. The highest BCUT2D eigenvalue weighted by molar-refractivity contribution is 7.86. The van der Waals surface area contributed by atoms with E-state index in [2.05, 4.69) is 5.32 Å². The molecule has 9 heteroatoms. The van der Waals surface area contributed by atoms with Gasteiger partial charge in [0.1, 0.15) is 11.4 Å².